The van der Waals surface area contributed by atoms with E-state index < -0.39 is 0 Å². The molecular formula is C30H30ClN7O2. The molecule has 0 spiro atoms. The van der Waals surface area contributed by atoms with Crippen molar-refractivity contribution in [2.75, 3.05) is 11.9 Å². The number of hydrogen-bond acceptors (Lipinski definition) is 5. The summed E-state index contributed by atoms with van der Waals surface area (Å²) in [5.41, 5.74) is 5.89. The third-order valence-corrected chi connectivity index (χ3v) is 8.02. The van der Waals surface area contributed by atoms with Crippen LogP contribution in [0.25, 0.3) is 22.5 Å². The largest absolute Gasteiger partial charge is 0.330 e. The van der Waals surface area contributed by atoms with Gasteiger partial charge in [-0.15, -0.1) is 0 Å². The molecule has 1 aromatic carbocycles. The number of aryl methyl sites for hydroxylation is 1. The van der Waals surface area contributed by atoms with E-state index in [0.717, 1.165) is 40.2 Å². The lowest BCUT2D eigenvalue weighted by atomic mass is 9.93. The number of halogens is 1. The summed E-state index contributed by atoms with van der Waals surface area (Å²) in [6.45, 7) is 2.48. The Morgan fingerprint density at radius 3 is 2.75 bits per heavy atom. The molecule has 9 nitrogen and oxygen atoms in total. The monoisotopic (exact) mass is 555 g/mol. The van der Waals surface area contributed by atoms with E-state index in [4.69, 9.17) is 16.6 Å². The number of anilines is 1. The van der Waals surface area contributed by atoms with E-state index in [0.29, 0.717) is 36.5 Å². The molecule has 204 valence electrons. The van der Waals surface area contributed by atoms with Crippen molar-refractivity contribution in [1.82, 2.24) is 29.4 Å². The van der Waals surface area contributed by atoms with Crippen LogP contribution in [0.3, 0.4) is 0 Å². The zero-order chi connectivity index (χ0) is 27.8. The molecule has 4 aromatic rings. The lowest BCUT2D eigenvalue weighted by Crippen LogP contribution is -2.38. The van der Waals surface area contributed by atoms with Gasteiger partial charge < -0.3 is 10.2 Å². The molecule has 2 aliphatic rings. The maximum atomic E-state index is 13.7. The Balaban J connectivity index is 1.36. The zero-order valence-corrected chi connectivity index (χ0v) is 23.2. The highest BCUT2D eigenvalue weighted by atomic mass is 35.5. The number of nitrogens with one attached hydrogen (secondary N) is 1. The molecule has 2 aliphatic heterocycles. The molecule has 10 heteroatoms. The van der Waals surface area contributed by atoms with Crippen LogP contribution in [0.15, 0.2) is 67.3 Å². The lowest BCUT2D eigenvalue weighted by molar-refractivity contribution is -0.129. The van der Waals surface area contributed by atoms with E-state index in [9.17, 15) is 9.59 Å². The molecular weight excluding hydrogens is 526 g/mol. The Hall–Kier alpha value is -4.24. The number of aromatic nitrogens is 5. The van der Waals surface area contributed by atoms with E-state index in [-0.39, 0.29) is 23.8 Å². The third-order valence-electron chi connectivity index (χ3n) is 7.79. The highest BCUT2D eigenvalue weighted by Crippen LogP contribution is 2.37. The van der Waals surface area contributed by atoms with Gasteiger partial charge in [-0.25, -0.2) is 4.68 Å². The van der Waals surface area contributed by atoms with Crippen LogP contribution in [-0.4, -0.2) is 47.8 Å². The predicted molar refractivity (Wildman–Crippen MR) is 154 cm³/mol. The Labute approximate surface area is 237 Å². The van der Waals surface area contributed by atoms with Crippen LogP contribution >= 0.6 is 11.6 Å². The number of carbonyl (C=O) groups excluding carboxylic acids is 2. The van der Waals surface area contributed by atoms with Gasteiger partial charge in [0.1, 0.15) is 0 Å². The highest BCUT2D eigenvalue weighted by molar-refractivity contribution is 6.30. The Kier molecular flexibility index (Phi) is 6.98. The van der Waals surface area contributed by atoms with Gasteiger partial charge in [-0.3, -0.25) is 19.3 Å². The number of rotatable bonds is 3. The van der Waals surface area contributed by atoms with Gasteiger partial charge in [-0.2, -0.15) is 10.2 Å². The van der Waals surface area contributed by atoms with E-state index in [1.165, 1.54) is 0 Å². The standard InChI is InChI=1S/C30H30ClN7O2/c1-19-5-3-6-27(24-15-21(9-12-32-24)29-25(35-30(19)40)18-34-36(29)2)37-14-10-20(16-28(37)39)23-17-22(31)7-8-26(23)38-13-4-11-33-38/h4,7-9,11-13,15-19,27H,3,5-6,10,14H2,1-2H3,(H,35,40)/t19-,27+/m1/s1. The van der Waals surface area contributed by atoms with Crippen LogP contribution < -0.4 is 5.32 Å². The summed E-state index contributed by atoms with van der Waals surface area (Å²) < 4.78 is 3.54. The normalized spacial score (nSPS) is 19.8. The molecule has 0 aliphatic carbocycles. The van der Waals surface area contributed by atoms with Gasteiger partial charge >= 0.3 is 0 Å². The van der Waals surface area contributed by atoms with Crippen molar-refractivity contribution in [3.8, 4) is 16.9 Å². The first kappa shape index (κ1) is 26.0. The smallest absolute Gasteiger partial charge is 0.247 e. The minimum Gasteiger partial charge on any atom is -0.330 e. The van der Waals surface area contributed by atoms with E-state index in [2.05, 4.69) is 15.5 Å². The summed E-state index contributed by atoms with van der Waals surface area (Å²) in [5, 5.41) is 12.4. The molecule has 2 atom stereocenters. The number of hydrogen-bond donors (Lipinski definition) is 1. The molecule has 1 N–H and O–H groups in total. The number of fused-ring (bicyclic) bond motifs is 4. The molecule has 3 aromatic heterocycles. The van der Waals surface area contributed by atoms with Crippen LogP contribution in [0.2, 0.25) is 5.02 Å². The topological polar surface area (TPSA) is 97.9 Å². The molecule has 0 unspecified atom stereocenters. The average molecular weight is 556 g/mol. The fourth-order valence-corrected chi connectivity index (χ4v) is 5.84. The van der Waals surface area contributed by atoms with Crippen LogP contribution in [0.5, 0.6) is 0 Å². The third kappa shape index (κ3) is 4.93. The fraction of sp³-hybridized carbons (Fsp3) is 0.300. The van der Waals surface area contributed by atoms with Gasteiger partial charge in [0.05, 0.1) is 35.0 Å². The number of carbonyl (C=O) groups is 2. The van der Waals surface area contributed by atoms with E-state index in [1.54, 1.807) is 34.0 Å². The second kappa shape index (κ2) is 10.7. The predicted octanol–water partition coefficient (Wildman–Crippen LogP) is 5.44. The molecule has 0 saturated carbocycles. The number of pyridine rings is 1. The summed E-state index contributed by atoms with van der Waals surface area (Å²) in [5.74, 6) is -0.271. The second-order valence-corrected chi connectivity index (χ2v) is 10.8. The summed E-state index contributed by atoms with van der Waals surface area (Å²) in [7, 11) is 1.85. The number of amides is 2. The van der Waals surface area contributed by atoms with Crippen molar-refractivity contribution in [1.29, 1.82) is 0 Å². The lowest BCUT2D eigenvalue weighted by Gasteiger charge is -2.34. The Bertz CT molecular complexity index is 1610. The fourth-order valence-electron chi connectivity index (χ4n) is 5.67. The second-order valence-electron chi connectivity index (χ2n) is 10.4. The summed E-state index contributed by atoms with van der Waals surface area (Å²) in [6.07, 6.45) is 11.6. The van der Waals surface area contributed by atoms with Crippen molar-refractivity contribution in [3.05, 3.63) is 83.5 Å². The van der Waals surface area contributed by atoms with Gasteiger partial charge in [0.15, 0.2) is 0 Å². The highest BCUT2D eigenvalue weighted by Gasteiger charge is 2.31. The van der Waals surface area contributed by atoms with Gasteiger partial charge in [-0.05, 0) is 61.2 Å². The van der Waals surface area contributed by atoms with Gasteiger partial charge in [0, 0.05) is 60.3 Å². The minimum atomic E-state index is -0.221. The zero-order valence-electron chi connectivity index (χ0n) is 22.4. The van der Waals surface area contributed by atoms with Gasteiger partial charge in [0.25, 0.3) is 0 Å². The maximum absolute atomic E-state index is 13.7. The quantitative estimate of drug-likeness (QED) is 0.363. The first-order valence-electron chi connectivity index (χ1n) is 13.5. The van der Waals surface area contributed by atoms with Gasteiger partial charge in [-0.1, -0.05) is 24.9 Å². The first-order valence-corrected chi connectivity index (χ1v) is 13.9. The first-order chi connectivity index (χ1) is 19.4. The maximum Gasteiger partial charge on any atom is 0.247 e. The van der Waals surface area contributed by atoms with Crippen molar-refractivity contribution in [2.45, 2.75) is 38.6 Å². The number of nitrogens with zero attached hydrogens (tertiary/aromatic N) is 6. The Morgan fingerprint density at radius 1 is 1.07 bits per heavy atom. The summed E-state index contributed by atoms with van der Waals surface area (Å²) in [4.78, 5) is 33.3. The Morgan fingerprint density at radius 2 is 1.95 bits per heavy atom. The van der Waals surface area contributed by atoms with Crippen LogP contribution in [0.1, 0.15) is 49.9 Å². The molecule has 6 rings (SSSR count). The summed E-state index contributed by atoms with van der Waals surface area (Å²) >= 11 is 6.37. The van der Waals surface area contributed by atoms with Crippen molar-refractivity contribution in [3.63, 3.8) is 0 Å². The molecule has 0 fully saturated rings. The van der Waals surface area contributed by atoms with Crippen LogP contribution in [-0.2, 0) is 16.6 Å². The minimum absolute atomic E-state index is 0.0308. The van der Waals surface area contributed by atoms with Crippen molar-refractivity contribution in [2.24, 2.45) is 13.0 Å². The van der Waals surface area contributed by atoms with E-state index >= 15 is 0 Å². The van der Waals surface area contributed by atoms with Crippen molar-refractivity contribution < 1.29 is 9.59 Å². The molecule has 40 heavy (non-hydrogen) atoms. The SMILES string of the molecule is C[C@@H]1CCC[C@H](N2CCC(c3cc(Cl)ccc3-n3cccn3)=CC2=O)c2cc(ccn2)-c2c(cnn2C)NC1=O. The molecule has 0 radical (unpaired) electrons. The molecule has 2 amide bonds. The van der Waals surface area contributed by atoms with Crippen LogP contribution in [0.4, 0.5) is 5.69 Å². The molecule has 5 heterocycles. The molecule has 2 bridgehead atoms. The molecule has 0 saturated heterocycles. The average Bonchev–Trinajstić information content (AvgIpc) is 3.61. The van der Waals surface area contributed by atoms with Crippen molar-refractivity contribution >= 4 is 34.7 Å². The van der Waals surface area contributed by atoms with Gasteiger partial charge in [0.2, 0.25) is 11.8 Å². The number of benzene rings is 1. The van der Waals surface area contributed by atoms with Crippen LogP contribution in [0, 0.1) is 5.92 Å². The summed E-state index contributed by atoms with van der Waals surface area (Å²) in [6, 6.07) is 11.2. The van der Waals surface area contributed by atoms with E-state index in [1.807, 2.05) is 61.5 Å².